The number of nitrogens with zero attached hydrogens (tertiary/aromatic N) is 2. The minimum atomic E-state index is -3.12. The topological polar surface area (TPSA) is 60.9 Å². The fourth-order valence-corrected chi connectivity index (χ4v) is 3.70. The Hall–Kier alpha value is -1.02. The van der Waals surface area contributed by atoms with Crippen LogP contribution in [0.1, 0.15) is 24.5 Å². The van der Waals surface area contributed by atoms with Gasteiger partial charge < -0.3 is 10.0 Å². The summed E-state index contributed by atoms with van der Waals surface area (Å²) < 4.78 is 37.4. The van der Waals surface area contributed by atoms with Crippen molar-refractivity contribution in [3.63, 3.8) is 0 Å². The van der Waals surface area contributed by atoms with E-state index >= 15 is 0 Å². The number of rotatable bonds is 5. The summed E-state index contributed by atoms with van der Waals surface area (Å²) in [7, 11) is -1.19. The van der Waals surface area contributed by atoms with E-state index in [0.29, 0.717) is 25.2 Å². The first-order valence-corrected chi connectivity index (χ1v) is 9.21. The molecule has 1 fully saturated rings. The molecule has 7 heteroatoms. The Kier molecular flexibility index (Phi) is 5.55. The van der Waals surface area contributed by atoms with Gasteiger partial charge in [0.1, 0.15) is 5.82 Å². The lowest BCUT2D eigenvalue weighted by Crippen LogP contribution is -2.46. The molecule has 2 rings (SSSR count). The van der Waals surface area contributed by atoms with Gasteiger partial charge in [0, 0.05) is 25.7 Å². The van der Waals surface area contributed by atoms with E-state index < -0.39 is 16.1 Å². The fourth-order valence-electron chi connectivity index (χ4n) is 2.83. The van der Waals surface area contributed by atoms with Crippen molar-refractivity contribution in [2.24, 2.45) is 0 Å². The van der Waals surface area contributed by atoms with Crippen LogP contribution in [0.2, 0.25) is 0 Å². The van der Waals surface area contributed by atoms with Crippen LogP contribution < -0.4 is 0 Å². The number of halogens is 1. The SMILES string of the molecule is CN(CC(O)c1ccc(F)cc1)C1CCN(S(C)(=O)=O)CC1. The van der Waals surface area contributed by atoms with Crippen molar-refractivity contribution in [2.45, 2.75) is 25.0 Å². The molecular weight excluding hydrogens is 307 g/mol. The van der Waals surface area contributed by atoms with Crippen LogP contribution >= 0.6 is 0 Å². The lowest BCUT2D eigenvalue weighted by molar-refractivity contribution is 0.0860. The number of benzene rings is 1. The first kappa shape index (κ1) is 17.3. The first-order valence-electron chi connectivity index (χ1n) is 7.36. The Labute approximate surface area is 131 Å². The Bertz CT molecular complexity index is 583. The maximum Gasteiger partial charge on any atom is 0.211 e. The Morgan fingerprint density at radius 1 is 1.32 bits per heavy atom. The predicted octanol–water partition coefficient (Wildman–Crippen LogP) is 1.21. The summed E-state index contributed by atoms with van der Waals surface area (Å²) in [6, 6.07) is 6.08. The minimum absolute atomic E-state index is 0.244. The zero-order chi connectivity index (χ0) is 16.3. The van der Waals surface area contributed by atoms with E-state index in [1.165, 1.54) is 22.7 Å². The molecule has 22 heavy (non-hydrogen) atoms. The van der Waals surface area contributed by atoms with Gasteiger partial charge in [-0.05, 0) is 37.6 Å². The largest absolute Gasteiger partial charge is 0.387 e. The molecule has 1 atom stereocenters. The molecular formula is C15H23FN2O3S. The van der Waals surface area contributed by atoms with Gasteiger partial charge in [-0.3, -0.25) is 0 Å². The smallest absolute Gasteiger partial charge is 0.211 e. The fraction of sp³-hybridized carbons (Fsp3) is 0.600. The van der Waals surface area contributed by atoms with Crippen LogP contribution in [0.4, 0.5) is 4.39 Å². The average Bonchev–Trinajstić information content (AvgIpc) is 2.47. The third-order valence-electron chi connectivity index (χ3n) is 4.23. The molecule has 0 radical (unpaired) electrons. The number of likely N-dealkylation sites (N-methyl/N-ethyl adjacent to an activating group) is 1. The summed E-state index contributed by atoms with van der Waals surface area (Å²) in [6.45, 7) is 1.47. The summed E-state index contributed by atoms with van der Waals surface area (Å²) in [5.41, 5.74) is 0.682. The summed E-state index contributed by atoms with van der Waals surface area (Å²) in [6.07, 6.45) is 2.05. The molecule has 1 saturated heterocycles. The first-order chi connectivity index (χ1) is 10.3. The van der Waals surface area contributed by atoms with Gasteiger partial charge in [0.15, 0.2) is 0 Å². The zero-order valence-electron chi connectivity index (χ0n) is 12.9. The standard InChI is InChI=1S/C15H23FN2O3S/c1-17(11-15(19)12-3-5-13(16)6-4-12)14-7-9-18(10-8-14)22(2,20)21/h3-6,14-15,19H,7-11H2,1-2H3. The molecule has 0 aliphatic carbocycles. The molecule has 1 N–H and O–H groups in total. The second-order valence-corrected chi connectivity index (χ2v) is 7.88. The summed E-state index contributed by atoms with van der Waals surface area (Å²) in [5, 5.41) is 10.2. The van der Waals surface area contributed by atoms with Crippen LogP contribution in [0.25, 0.3) is 0 Å². The lowest BCUT2D eigenvalue weighted by atomic mass is 10.0. The van der Waals surface area contributed by atoms with Gasteiger partial charge in [-0.15, -0.1) is 0 Å². The molecule has 1 aromatic carbocycles. The highest BCUT2D eigenvalue weighted by Gasteiger charge is 2.27. The maximum absolute atomic E-state index is 12.9. The van der Waals surface area contributed by atoms with Gasteiger partial charge in [-0.1, -0.05) is 12.1 Å². The van der Waals surface area contributed by atoms with Crippen LogP contribution in [0, 0.1) is 5.82 Å². The van der Waals surface area contributed by atoms with Gasteiger partial charge in [0.25, 0.3) is 0 Å². The summed E-state index contributed by atoms with van der Waals surface area (Å²) >= 11 is 0. The zero-order valence-corrected chi connectivity index (χ0v) is 13.8. The van der Waals surface area contributed by atoms with Gasteiger partial charge in [0.2, 0.25) is 10.0 Å². The van der Waals surface area contributed by atoms with Gasteiger partial charge in [-0.25, -0.2) is 17.1 Å². The van der Waals surface area contributed by atoms with Crippen molar-refractivity contribution < 1.29 is 17.9 Å². The maximum atomic E-state index is 12.9. The second-order valence-electron chi connectivity index (χ2n) is 5.90. The number of hydrogen-bond acceptors (Lipinski definition) is 4. The van der Waals surface area contributed by atoms with E-state index in [-0.39, 0.29) is 11.9 Å². The lowest BCUT2D eigenvalue weighted by Gasteiger charge is -2.36. The molecule has 124 valence electrons. The highest BCUT2D eigenvalue weighted by molar-refractivity contribution is 7.88. The van der Waals surface area contributed by atoms with Crippen LogP contribution in [-0.4, -0.2) is 61.7 Å². The molecule has 1 unspecified atom stereocenters. The molecule has 0 saturated carbocycles. The van der Waals surface area contributed by atoms with Crippen LogP contribution in [0.15, 0.2) is 24.3 Å². The number of hydrogen-bond donors (Lipinski definition) is 1. The van der Waals surface area contributed by atoms with Gasteiger partial charge >= 0.3 is 0 Å². The number of sulfonamides is 1. The molecule has 0 amide bonds. The number of aliphatic hydroxyl groups excluding tert-OH is 1. The molecule has 5 nitrogen and oxygen atoms in total. The normalized spacial score (nSPS) is 19.5. The Morgan fingerprint density at radius 3 is 2.36 bits per heavy atom. The van der Waals surface area contributed by atoms with Crippen molar-refractivity contribution in [3.05, 3.63) is 35.6 Å². The summed E-state index contributed by atoms with van der Waals surface area (Å²) in [5.74, 6) is -0.322. The van der Waals surface area contributed by atoms with Crippen molar-refractivity contribution in [1.29, 1.82) is 0 Å². The summed E-state index contributed by atoms with van der Waals surface area (Å²) in [4.78, 5) is 2.05. The van der Waals surface area contributed by atoms with E-state index in [1.807, 2.05) is 11.9 Å². The van der Waals surface area contributed by atoms with E-state index in [0.717, 1.165) is 12.8 Å². The van der Waals surface area contributed by atoms with Crippen molar-refractivity contribution in [3.8, 4) is 0 Å². The highest BCUT2D eigenvalue weighted by atomic mass is 32.2. The van der Waals surface area contributed by atoms with Crippen LogP contribution in [0.5, 0.6) is 0 Å². The molecule has 1 aliphatic rings. The van der Waals surface area contributed by atoms with Crippen molar-refractivity contribution in [2.75, 3.05) is 32.9 Å². The van der Waals surface area contributed by atoms with Gasteiger partial charge in [-0.2, -0.15) is 0 Å². The van der Waals surface area contributed by atoms with Crippen molar-refractivity contribution in [1.82, 2.24) is 9.21 Å². The molecule has 0 bridgehead atoms. The average molecular weight is 330 g/mol. The molecule has 0 spiro atoms. The minimum Gasteiger partial charge on any atom is -0.387 e. The third-order valence-corrected chi connectivity index (χ3v) is 5.53. The van der Waals surface area contributed by atoms with Gasteiger partial charge in [0.05, 0.1) is 12.4 Å². The molecule has 1 aromatic rings. The monoisotopic (exact) mass is 330 g/mol. The predicted molar refractivity (Wildman–Crippen MR) is 83.4 cm³/mol. The van der Waals surface area contributed by atoms with E-state index in [1.54, 1.807) is 12.1 Å². The number of piperidine rings is 1. The third kappa shape index (κ3) is 4.49. The molecule has 1 heterocycles. The Balaban J connectivity index is 1.88. The second kappa shape index (κ2) is 7.04. The molecule has 0 aromatic heterocycles. The quantitative estimate of drug-likeness (QED) is 0.882. The molecule has 1 aliphatic heterocycles. The Morgan fingerprint density at radius 2 is 1.86 bits per heavy atom. The van der Waals surface area contributed by atoms with E-state index in [9.17, 15) is 17.9 Å². The van der Waals surface area contributed by atoms with E-state index in [4.69, 9.17) is 0 Å². The van der Waals surface area contributed by atoms with Crippen LogP contribution in [-0.2, 0) is 10.0 Å². The van der Waals surface area contributed by atoms with E-state index in [2.05, 4.69) is 0 Å². The highest BCUT2D eigenvalue weighted by Crippen LogP contribution is 2.21. The number of aliphatic hydroxyl groups is 1. The van der Waals surface area contributed by atoms with Crippen LogP contribution in [0.3, 0.4) is 0 Å². The van der Waals surface area contributed by atoms with Crippen molar-refractivity contribution >= 4 is 10.0 Å².